The maximum Gasteiger partial charge on any atom is 0.221 e. The number of hydrogen-bond acceptors (Lipinski definition) is 4. The first-order valence-corrected chi connectivity index (χ1v) is 6.95. The van der Waals surface area contributed by atoms with E-state index in [-0.39, 0.29) is 5.91 Å². The van der Waals surface area contributed by atoms with Crippen LogP contribution in [-0.4, -0.2) is 44.6 Å². The quantitative estimate of drug-likeness (QED) is 0.661. The summed E-state index contributed by atoms with van der Waals surface area (Å²) < 4.78 is 5.65. The summed E-state index contributed by atoms with van der Waals surface area (Å²) in [5, 5.41) is 2.82. The number of nitrogens with one attached hydrogen (secondary N) is 1. The molecule has 0 fully saturated rings. The molecule has 0 unspecified atom stereocenters. The monoisotopic (exact) mass is 279 g/mol. The summed E-state index contributed by atoms with van der Waals surface area (Å²) in [7, 11) is 4.10. The molecule has 3 N–H and O–H groups in total. The van der Waals surface area contributed by atoms with Gasteiger partial charge in [-0.2, -0.15) is 0 Å². The summed E-state index contributed by atoms with van der Waals surface area (Å²) >= 11 is 0. The molecule has 0 spiro atoms. The molecule has 1 aromatic rings. The Morgan fingerprint density at radius 1 is 1.30 bits per heavy atom. The third-order valence-corrected chi connectivity index (χ3v) is 2.80. The van der Waals surface area contributed by atoms with Crippen LogP contribution in [0.25, 0.3) is 0 Å². The smallest absolute Gasteiger partial charge is 0.221 e. The van der Waals surface area contributed by atoms with Crippen LogP contribution in [0.3, 0.4) is 0 Å². The van der Waals surface area contributed by atoms with E-state index >= 15 is 0 Å². The first kappa shape index (κ1) is 16.5. The van der Waals surface area contributed by atoms with Gasteiger partial charge in [0.25, 0.3) is 0 Å². The van der Waals surface area contributed by atoms with Crippen molar-refractivity contribution in [3.8, 4) is 5.75 Å². The first-order chi connectivity index (χ1) is 9.61. The van der Waals surface area contributed by atoms with Gasteiger partial charge in [0.2, 0.25) is 5.91 Å². The van der Waals surface area contributed by atoms with E-state index in [4.69, 9.17) is 10.5 Å². The Morgan fingerprint density at radius 3 is 2.60 bits per heavy atom. The number of benzene rings is 1. The van der Waals surface area contributed by atoms with E-state index in [1.54, 1.807) is 0 Å². The summed E-state index contributed by atoms with van der Waals surface area (Å²) in [6, 6.07) is 7.79. The number of carbonyl (C=O) groups is 1. The van der Waals surface area contributed by atoms with E-state index in [9.17, 15) is 4.79 Å². The van der Waals surface area contributed by atoms with Gasteiger partial charge in [0.1, 0.15) is 5.75 Å². The van der Waals surface area contributed by atoms with E-state index in [1.165, 1.54) is 0 Å². The summed E-state index contributed by atoms with van der Waals surface area (Å²) in [5.74, 6) is 0.845. The number of hydrogen-bond donors (Lipinski definition) is 2. The van der Waals surface area contributed by atoms with E-state index in [0.717, 1.165) is 24.3 Å². The minimum atomic E-state index is -0.0171. The van der Waals surface area contributed by atoms with Crippen molar-refractivity contribution in [2.75, 3.05) is 33.8 Å². The van der Waals surface area contributed by atoms with Crippen molar-refractivity contribution in [3.63, 3.8) is 0 Å². The van der Waals surface area contributed by atoms with Crippen molar-refractivity contribution in [3.05, 3.63) is 29.8 Å². The Hall–Kier alpha value is -1.59. The fourth-order valence-electron chi connectivity index (χ4n) is 1.69. The summed E-state index contributed by atoms with van der Waals surface area (Å²) in [4.78, 5) is 13.4. The second-order valence-corrected chi connectivity index (χ2v) is 4.96. The standard InChI is InChI=1S/C15H25N3O2/c1-18(2)10-3-11-20-14-6-4-13(5-7-14)12-17-15(19)8-9-16/h4-7H,3,8-12,16H2,1-2H3,(H,17,19). The van der Waals surface area contributed by atoms with Crippen LogP contribution < -0.4 is 15.8 Å². The van der Waals surface area contributed by atoms with Gasteiger partial charge >= 0.3 is 0 Å². The van der Waals surface area contributed by atoms with E-state index in [1.807, 2.05) is 38.4 Å². The van der Waals surface area contributed by atoms with Gasteiger partial charge in [0, 0.05) is 26.1 Å². The first-order valence-electron chi connectivity index (χ1n) is 6.95. The topological polar surface area (TPSA) is 67.6 Å². The largest absolute Gasteiger partial charge is 0.494 e. The lowest BCUT2D eigenvalue weighted by Gasteiger charge is -2.11. The molecular weight excluding hydrogens is 254 g/mol. The number of ether oxygens (including phenoxy) is 1. The summed E-state index contributed by atoms with van der Waals surface area (Å²) in [6.07, 6.45) is 1.37. The van der Waals surface area contributed by atoms with Crippen molar-refractivity contribution in [2.45, 2.75) is 19.4 Å². The lowest BCUT2D eigenvalue weighted by Crippen LogP contribution is -2.24. The Morgan fingerprint density at radius 2 is 2.00 bits per heavy atom. The van der Waals surface area contributed by atoms with Crippen molar-refractivity contribution in [1.29, 1.82) is 0 Å². The molecule has 0 aliphatic heterocycles. The van der Waals surface area contributed by atoms with Gasteiger partial charge in [0.15, 0.2) is 0 Å². The minimum Gasteiger partial charge on any atom is -0.494 e. The molecule has 0 aromatic heterocycles. The third-order valence-electron chi connectivity index (χ3n) is 2.80. The molecule has 0 saturated carbocycles. The zero-order valence-electron chi connectivity index (χ0n) is 12.4. The lowest BCUT2D eigenvalue weighted by atomic mass is 10.2. The van der Waals surface area contributed by atoms with Crippen LogP contribution in [0.1, 0.15) is 18.4 Å². The molecule has 0 bridgehead atoms. The van der Waals surface area contributed by atoms with Crippen LogP contribution in [0, 0.1) is 0 Å². The van der Waals surface area contributed by atoms with Crippen LogP contribution >= 0.6 is 0 Å². The van der Waals surface area contributed by atoms with Gasteiger partial charge in [-0.05, 0) is 38.2 Å². The average Bonchev–Trinajstić information content (AvgIpc) is 2.43. The second kappa shape index (κ2) is 9.34. The van der Waals surface area contributed by atoms with Gasteiger partial charge < -0.3 is 20.7 Å². The van der Waals surface area contributed by atoms with Crippen LogP contribution in [0.2, 0.25) is 0 Å². The lowest BCUT2D eigenvalue weighted by molar-refractivity contribution is -0.121. The molecule has 1 rings (SSSR count). The fraction of sp³-hybridized carbons (Fsp3) is 0.533. The maximum absolute atomic E-state index is 11.3. The molecule has 0 atom stereocenters. The molecule has 0 aliphatic rings. The number of nitrogens with zero attached hydrogens (tertiary/aromatic N) is 1. The molecule has 0 saturated heterocycles. The Kier molecular flexibility index (Phi) is 7.69. The molecule has 1 aromatic carbocycles. The van der Waals surface area contributed by atoms with E-state index < -0.39 is 0 Å². The summed E-state index contributed by atoms with van der Waals surface area (Å²) in [6.45, 7) is 2.64. The molecule has 5 nitrogen and oxygen atoms in total. The molecule has 0 heterocycles. The highest BCUT2D eigenvalue weighted by atomic mass is 16.5. The van der Waals surface area contributed by atoms with E-state index in [2.05, 4.69) is 10.2 Å². The second-order valence-electron chi connectivity index (χ2n) is 4.96. The fourth-order valence-corrected chi connectivity index (χ4v) is 1.69. The van der Waals surface area contributed by atoms with Crippen LogP contribution in [-0.2, 0) is 11.3 Å². The number of rotatable bonds is 9. The molecule has 0 aliphatic carbocycles. The van der Waals surface area contributed by atoms with Gasteiger partial charge in [-0.15, -0.1) is 0 Å². The molecule has 20 heavy (non-hydrogen) atoms. The highest BCUT2D eigenvalue weighted by Crippen LogP contribution is 2.12. The zero-order valence-corrected chi connectivity index (χ0v) is 12.4. The molecule has 1 amide bonds. The normalized spacial score (nSPS) is 10.6. The molecule has 5 heteroatoms. The van der Waals surface area contributed by atoms with Gasteiger partial charge in [0.05, 0.1) is 6.61 Å². The van der Waals surface area contributed by atoms with Gasteiger partial charge in [-0.3, -0.25) is 4.79 Å². The number of nitrogens with two attached hydrogens (primary N) is 1. The SMILES string of the molecule is CN(C)CCCOc1ccc(CNC(=O)CCN)cc1. The Bertz CT molecular complexity index is 391. The maximum atomic E-state index is 11.3. The van der Waals surface area contributed by atoms with Crippen molar-refractivity contribution < 1.29 is 9.53 Å². The van der Waals surface area contributed by atoms with E-state index in [0.29, 0.717) is 26.1 Å². The minimum absolute atomic E-state index is 0.0171. The predicted molar refractivity (Wildman–Crippen MR) is 80.6 cm³/mol. The van der Waals surface area contributed by atoms with Crippen molar-refractivity contribution in [1.82, 2.24) is 10.2 Å². The van der Waals surface area contributed by atoms with Crippen molar-refractivity contribution in [2.24, 2.45) is 5.73 Å². The van der Waals surface area contributed by atoms with Crippen LogP contribution in [0.5, 0.6) is 5.75 Å². The highest BCUT2D eigenvalue weighted by Gasteiger charge is 2.00. The Balaban J connectivity index is 2.27. The molecular formula is C15H25N3O2. The third kappa shape index (κ3) is 7.11. The average molecular weight is 279 g/mol. The zero-order chi connectivity index (χ0) is 14.8. The number of carbonyl (C=O) groups excluding carboxylic acids is 1. The summed E-state index contributed by atoms with van der Waals surface area (Å²) in [5.41, 5.74) is 6.37. The van der Waals surface area contributed by atoms with Gasteiger partial charge in [-0.25, -0.2) is 0 Å². The van der Waals surface area contributed by atoms with Crippen LogP contribution in [0.4, 0.5) is 0 Å². The van der Waals surface area contributed by atoms with Crippen LogP contribution in [0.15, 0.2) is 24.3 Å². The Labute approximate surface area is 121 Å². The molecule has 112 valence electrons. The van der Waals surface area contributed by atoms with Gasteiger partial charge in [-0.1, -0.05) is 12.1 Å². The number of amides is 1. The van der Waals surface area contributed by atoms with Crippen molar-refractivity contribution >= 4 is 5.91 Å². The predicted octanol–water partition coefficient (Wildman–Crippen LogP) is 0.982. The highest BCUT2D eigenvalue weighted by molar-refractivity contribution is 5.76. The molecule has 0 radical (unpaired) electrons.